The molecule has 0 aromatic rings. The maximum absolute atomic E-state index is 12.3. The number of esters is 2. The Labute approximate surface area is 274 Å². The summed E-state index contributed by atoms with van der Waals surface area (Å²) in [4.78, 5) is 42.5. The molecule has 0 fully saturated rings. The van der Waals surface area contributed by atoms with E-state index in [0.717, 1.165) is 70.6 Å². The van der Waals surface area contributed by atoms with Gasteiger partial charge in [0.2, 0.25) is 0 Å². The lowest BCUT2D eigenvalue weighted by molar-refractivity contribution is -0.161. The Hall–Kier alpha value is -1.99. The number of hydrogen-bond acceptors (Lipinski definition) is 6. The molecule has 2 N–H and O–H groups in total. The van der Waals surface area contributed by atoms with Crippen molar-refractivity contribution in [2.75, 3.05) is 13.2 Å². The molecule has 0 aromatic heterocycles. The zero-order chi connectivity index (χ0) is 33.3. The molecule has 0 aliphatic heterocycles. The first kappa shape index (κ1) is 43.0. The first-order valence-corrected chi connectivity index (χ1v) is 19.0. The highest BCUT2D eigenvalue weighted by atomic mass is 31.2. The van der Waals surface area contributed by atoms with Crippen LogP contribution in [0.4, 0.5) is 0 Å². The maximum Gasteiger partial charge on any atom is 0.469 e. The van der Waals surface area contributed by atoms with Crippen LogP contribution in [0.25, 0.3) is 0 Å². The van der Waals surface area contributed by atoms with E-state index >= 15 is 0 Å². The number of hydrogen-bond donors (Lipinski definition) is 2. The van der Waals surface area contributed by atoms with Gasteiger partial charge in [0, 0.05) is 12.8 Å². The third-order valence-corrected chi connectivity index (χ3v) is 7.56. The van der Waals surface area contributed by atoms with E-state index in [9.17, 15) is 14.2 Å². The van der Waals surface area contributed by atoms with Crippen LogP contribution in [0.1, 0.15) is 149 Å². The van der Waals surface area contributed by atoms with Crippen LogP contribution < -0.4 is 0 Å². The lowest BCUT2D eigenvalue weighted by atomic mass is 10.1. The molecule has 1 atom stereocenters. The summed E-state index contributed by atoms with van der Waals surface area (Å²) in [5.74, 6) is -0.946. The van der Waals surface area contributed by atoms with Gasteiger partial charge < -0.3 is 19.3 Å². The van der Waals surface area contributed by atoms with Gasteiger partial charge in [0.25, 0.3) is 0 Å². The summed E-state index contributed by atoms with van der Waals surface area (Å²) in [5, 5.41) is 0. The third-order valence-electron chi connectivity index (χ3n) is 7.07. The molecular weight excluding hydrogens is 591 g/mol. The Morgan fingerprint density at radius 2 is 1.00 bits per heavy atom. The van der Waals surface area contributed by atoms with Crippen molar-refractivity contribution in [3.05, 3.63) is 48.6 Å². The largest absolute Gasteiger partial charge is 0.469 e. The molecule has 9 heteroatoms. The predicted octanol–water partition coefficient (Wildman–Crippen LogP) is 10.0. The Balaban J connectivity index is 4.11. The lowest BCUT2D eigenvalue weighted by Gasteiger charge is -2.18. The molecule has 45 heavy (non-hydrogen) atoms. The molecule has 0 spiro atoms. The number of ether oxygens (including phenoxy) is 2. The fourth-order valence-corrected chi connectivity index (χ4v) is 4.79. The van der Waals surface area contributed by atoms with E-state index in [1.165, 1.54) is 38.5 Å². The Morgan fingerprint density at radius 3 is 1.56 bits per heavy atom. The lowest BCUT2D eigenvalue weighted by Crippen LogP contribution is -2.29. The van der Waals surface area contributed by atoms with Crippen molar-refractivity contribution in [3.8, 4) is 0 Å². The molecule has 0 aliphatic rings. The second kappa shape index (κ2) is 32.0. The van der Waals surface area contributed by atoms with Gasteiger partial charge in [-0.1, -0.05) is 107 Å². The predicted molar refractivity (Wildman–Crippen MR) is 184 cm³/mol. The van der Waals surface area contributed by atoms with E-state index in [1.807, 2.05) is 0 Å². The molecule has 0 aliphatic carbocycles. The van der Waals surface area contributed by atoms with E-state index in [-0.39, 0.29) is 19.4 Å². The minimum atomic E-state index is -4.76. The van der Waals surface area contributed by atoms with Crippen LogP contribution in [0.5, 0.6) is 0 Å². The van der Waals surface area contributed by atoms with Gasteiger partial charge in [0.05, 0.1) is 6.61 Å². The molecule has 0 heterocycles. The molecule has 0 rings (SSSR count). The standard InChI is InChI=1S/C36H63O8P/c1-3-5-7-9-11-13-15-17-18-19-21-23-25-27-29-31-36(38)44-34(33-43-45(39,40)41)32-42-35(37)30-28-26-24-22-20-16-14-12-10-8-6-4-2/h11-14,17-18,21,23,34H,3-10,15-16,19-20,22,24-33H2,1-2H3,(H2,39,40,41)/b13-11+,14-12+,18-17+,23-21+/t34-/m1/s1. The van der Waals surface area contributed by atoms with Crippen LogP contribution in [-0.4, -0.2) is 41.0 Å². The third kappa shape index (κ3) is 34.7. The zero-order valence-corrected chi connectivity index (χ0v) is 29.1. The Bertz CT molecular complexity index is 874. The van der Waals surface area contributed by atoms with E-state index in [0.29, 0.717) is 12.8 Å². The zero-order valence-electron chi connectivity index (χ0n) is 28.3. The van der Waals surface area contributed by atoms with Crippen LogP contribution in [0, 0.1) is 0 Å². The molecule has 0 unspecified atom stereocenters. The van der Waals surface area contributed by atoms with Gasteiger partial charge in [-0.2, -0.15) is 0 Å². The minimum absolute atomic E-state index is 0.160. The molecule has 260 valence electrons. The van der Waals surface area contributed by atoms with E-state index in [1.54, 1.807) is 0 Å². The normalized spacial score (nSPS) is 13.1. The SMILES string of the molecule is CCCCC/C=C/C/C=C/C/C=C/CCCCC(=O)O[C@H](COC(=O)CCCCCCC/C=C/CCCCC)COP(=O)(O)O. The van der Waals surface area contributed by atoms with Gasteiger partial charge in [-0.05, 0) is 77.0 Å². The van der Waals surface area contributed by atoms with Crippen molar-refractivity contribution in [3.63, 3.8) is 0 Å². The van der Waals surface area contributed by atoms with Gasteiger partial charge in [-0.25, -0.2) is 4.57 Å². The van der Waals surface area contributed by atoms with E-state index < -0.39 is 32.5 Å². The Morgan fingerprint density at radius 1 is 0.578 bits per heavy atom. The van der Waals surface area contributed by atoms with E-state index in [4.69, 9.17) is 19.3 Å². The van der Waals surface area contributed by atoms with Crippen LogP contribution in [0.2, 0.25) is 0 Å². The molecular formula is C36H63O8P. The number of unbranched alkanes of at least 4 members (excludes halogenated alkanes) is 13. The minimum Gasteiger partial charge on any atom is -0.462 e. The van der Waals surface area contributed by atoms with Crippen LogP contribution in [-0.2, 0) is 28.2 Å². The van der Waals surface area contributed by atoms with Crippen LogP contribution in [0.15, 0.2) is 48.6 Å². The highest BCUT2D eigenvalue weighted by molar-refractivity contribution is 7.46. The second-order valence-corrected chi connectivity index (χ2v) is 12.7. The molecule has 8 nitrogen and oxygen atoms in total. The van der Waals surface area contributed by atoms with Gasteiger partial charge >= 0.3 is 19.8 Å². The summed E-state index contributed by atoms with van der Waals surface area (Å²) >= 11 is 0. The second-order valence-electron chi connectivity index (χ2n) is 11.5. The first-order valence-electron chi connectivity index (χ1n) is 17.4. The summed E-state index contributed by atoms with van der Waals surface area (Å²) in [7, 11) is -4.76. The number of carbonyl (C=O) groups is 2. The summed E-state index contributed by atoms with van der Waals surface area (Å²) in [6.07, 6.45) is 36.9. The molecule has 0 radical (unpaired) electrons. The highest BCUT2D eigenvalue weighted by Crippen LogP contribution is 2.35. The summed E-state index contributed by atoms with van der Waals surface area (Å²) < 4.78 is 26.2. The fraction of sp³-hybridized carbons (Fsp3) is 0.722. The average Bonchev–Trinajstić information content (AvgIpc) is 3.00. The topological polar surface area (TPSA) is 119 Å². The van der Waals surface area contributed by atoms with Crippen molar-refractivity contribution in [2.45, 2.75) is 155 Å². The number of phosphoric acid groups is 1. The molecule has 0 saturated heterocycles. The van der Waals surface area contributed by atoms with Gasteiger partial charge in [0.1, 0.15) is 6.61 Å². The molecule has 0 aromatic carbocycles. The number of carbonyl (C=O) groups excluding carboxylic acids is 2. The number of phosphoric ester groups is 1. The number of rotatable bonds is 31. The first-order chi connectivity index (χ1) is 21.8. The molecule has 0 amide bonds. The van der Waals surface area contributed by atoms with Crippen LogP contribution in [0.3, 0.4) is 0 Å². The summed E-state index contributed by atoms with van der Waals surface area (Å²) in [6, 6.07) is 0. The van der Waals surface area contributed by atoms with Crippen molar-refractivity contribution in [2.24, 2.45) is 0 Å². The van der Waals surface area contributed by atoms with Gasteiger partial charge in [-0.15, -0.1) is 0 Å². The van der Waals surface area contributed by atoms with Crippen LogP contribution >= 0.6 is 7.82 Å². The molecule has 0 saturated carbocycles. The highest BCUT2D eigenvalue weighted by Gasteiger charge is 2.22. The van der Waals surface area contributed by atoms with Crippen molar-refractivity contribution >= 4 is 19.8 Å². The van der Waals surface area contributed by atoms with Gasteiger partial charge in [0.15, 0.2) is 6.10 Å². The summed E-state index contributed by atoms with van der Waals surface area (Å²) in [5.41, 5.74) is 0. The summed E-state index contributed by atoms with van der Waals surface area (Å²) in [6.45, 7) is 3.56. The maximum atomic E-state index is 12.3. The quantitative estimate of drug-likeness (QED) is 0.0328. The fourth-order valence-electron chi connectivity index (χ4n) is 4.43. The van der Waals surface area contributed by atoms with Crippen molar-refractivity contribution in [1.82, 2.24) is 0 Å². The monoisotopic (exact) mass is 654 g/mol. The number of allylic oxidation sites excluding steroid dienone is 8. The van der Waals surface area contributed by atoms with Gasteiger partial charge in [-0.3, -0.25) is 14.1 Å². The smallest absolute Gasteiger partial charge is 0.462 e. The molecule has 0 bridgehead atoms. The van der Waals surface area contributed by atoms with Crippen molar-refractivity contribution in [1.29, 1.82) is 0 Å². The Kier molecular flexibility index (Phi) is 30.6. The van der Waals surface area contributed by atoms with Crippen molar-refractivity contribution < 1.29 is 37.9 Å². The van der Waals surface area contributed by atoms with E-state index in [2.05, 4.69) is 67.0 Å². The average molecular weight is 655 g/mol.